The zero-order valence-corrected chi connectivity index (χ0v) is 23.9. The lowest BCUT2D eigenvalue weighted by Gasteiger charge is -2.34. The van der Waals surface area contributed by atoms with Crippen molar-refractivity contribution in [2.24, 2.45) is 0 Å². The van der Waals surface area contributed by atoms with Crippen LogP contribution in [0.1, 0.15) is 24.0 Å². The Morgan fingerprint density at radius 1 is 0.881 bits per heavy atom. The molecule has 3 aromatic carbocycles. The number of rotatable bonds is 10. The highest BCUT2D eigenvalue weighted by atomic mass is 32.2. The summed E-state index contributed by atoms with van der Waals surface area (Å²) in [6.07, 6.45) is 0.843. The van der Waals surface area contributed by atoms with Crippen LogP contribution in [0, 0.1) is 0 Å². The standard InChI is InChI=1S/C32H32F3N5OS/c33-32(34,35)27-15-7-16-28(24-27)40-30(26-13-5-2-6-14-26)36-37-31(40)42-23-9-17-29(41)39-21-19-38(20-22-39)18-8-12-25-10-3-1-4-11-25/h1-8,10-16,24H,9,17-23H2/b12-8+. The van der Waals surface area contributed by atoms with Gasteiger partial charge in [0.2, 0.25) is 5.91 Å². The molecule has 0 N–H and O–H groups in total. The molecule has 0 unspecified atom stereocenters. The lowest BCUT2D eigenvalue weighted by molar-refractivity contribution is -0.137. The molecule has 0 radical (unpaired) electrons. The Morgan fingerprint density at radius 2 is 1.60 bits per heavy atom. The van der Waals surface area contributed by atoms with Crippen molar-refractivity contribution in [3.63, 3.8) is 0 Å². The minimum absolute atomic E-state index is 0.124. The van der Waals surface area contributed by atoms with Crippen LogP contribution < -0.4 is 0 Å². The molecule has 1 aliphatic heterocycles. The number of hydrogen-bond donors (Lipinski definition) is 0. The zero-order chi connectivity index (χ0) is 29.4. The van der Waals surface area contributed by atoms with E-state index >= 15 is 0 Å². The van der Waals surface area contributed by atoms with E-state index in [4.69, 9.17) is 0 Å². The van der Waals surface area contributed by atoms with E-state index in [0.717, 1.165) is 37.3 Å². The SMILES string of the molecule is O=C(CCCSc1nnc(-c2ccccc2)n1-c1cccc(C(F)(F)F)c1)N1CCN(C/C=C/c2ccccc2)CC1. The van der Waals surface area contributed by atoms with Crippen molar-refractivity contribution in [2.75, 3.05) is 38.5 Å². The van der Waals surface area contributed by atoms with Gasteiger partial charge in [-0.3, -0.25) is 14.3 Å². The molecule has 6 nitrogen and oxygen atoms in total. The van der Waals surface area contributed by atoms with Gasteiger partial charge in [-0.15, -0.1) is 10.2 Å². The lowest BCUT2D eigenvalue weighted by Crippen LogP contribution is -2.48. The molecule has 218 valence electrons. The first-order chi connectivity index (χ1) is 20.4. The van der Waals surface area contributed by atoms with Gasteiger partial charge in [-0.1, -0.05) is 90.6 Å². The fraction of sp³-hybridized carbons (Fsp3) is 0.281. The first-order valence-corrected chi connectivity index (χ1v) is 14.9. The fourth-order valence-corrected chi connectivity index (χ4v) is 5.71. The molecule has 4 aromatic rings. The Kier molecular flexibility index (Phi) is 9.76. The Labute approximate surface area is 247 Å². The van der Waals surface area contributed by atoms with Crippen LogP contribution in [0.2, 0.25) is 0 Å². The van der Waals surface area contributed by atoms with Crippen molar-refractivity contribution in [2.45, 2.75) is 24.2 Å². The summed E-state index contributed by atoms with van der Waals surface area (Å²) in [5.74, 6) is 1.17. The molecular weight excluding hydrogens is 559 g/mol. The maximum atomic E-state index is 13.5. The summed E-state index contributed by atoms with van der Waals surface area (Å²) in [5, 5.41) is 9.11. The van der Waals surface area contributed by atoms with Crippen molar-refractivity contribution in [1.82, 2.24) is 24.6 Å². The van der Waals surface area contributed by atoms with Gasteiger partial charge < -0.3 is 4.90 Å². The maximum absolute atomic E-state index is 13.5. The van der Waals surface area contributed by atoms with E-state index in [0.29, 0.717) is 48.4 Å². The van der Waals surface area contributed by atoms with E-state index in [1.807, 2.05) is 53.4 Å². The molecule has 0 aliphatic carbocycles. The lowest BCUT2D eigenvalue weighted by atomic mass is 10.1. The van der Waals surface area contributed by atoms with E-state index in [-0.39, 0.29) is 5.91 Å². The van der Waals surface area contributed by atoms with Crippen LogP contribution in [0.15, 0.2) is 96.2 Å². The fourth-order valence-electron chi connectivity index (χ4n) is 4.82. The summed E-state index contributed by atoms with van der Waals surface area (Å²) in [6.45, 7) is 3.93. The summed E-state index contributed by atoms with van der Waals surface area (Å²) in [4.78, 5) is 17.1. The van der Waals surface area contributed by atoms with E-state index < -0.39 is 11.7 Å². The number of hydrogen-bond acceptors (Lipinski definition) is 5. The van der Waals surface area contributed by atoms with Crippen LogP contribution in [0.4, 0.5) is 13.2 Å². The zero-order valence-electron chi connectivity index (χ0n) is 23.1. The molecule has 0 atom stereocenters. The second kappa shape index (κ2) is 13.8. The molecule has 1 amide bonds. The molecular formula is C32H32F3N5OS. The minimum Gasteiger partial charge on any atom is -0.340 e. The first kappa shape index (κ1) is 29.6. The molecule has 10 heteroatoms. The normalized spacial score (nSPS) is 14.5. The number of benzene rings is 3. The Bertz CT molecular complexity index is 1480. The van der Waals surface area contributed by atoms with Crippen molar-refractivity contribution < 1.29 is 18.0 Å². The third kappa shape index (κ3) is 7.68. The second-order valence-electron chi connectivity index (χ2n) is 10.0. The number of amides is 1. The van der Waals surface area contributed by atoms with Crippen molar-refractivity contribution in [1.29, 1.82) is 0 Å². The summed E-state index contributed by atoms with van der Waals surface area (Å²) in [5.41, 5.74) is 1.53. The average molecular weight is 592 g/mol. The summed E-state index contributed by atoms with van der Waals surface area (Å²) in [6, 6.07) is 24.6. The highest BCUT2D eigenvalue weighted by molar-refractivity contribution is 7.99. The summed E-state index contributed by atoms with van der Waals surface area (Å²) >= 11 is 1.39. The molecule has 0 spiro atoms. The smallest absolute Gasteiger partial charge is 0.340 e. The van der Waals surface area contributed by atoms with E-state index in [2.05, 4.69) is 39.4 Å². The molecule has 42 heavy (non-hydrogen) atoms. The van der Waals surface area contributed by atoms with Crippen LogP contribution in [-0.2, 0) is 11.0 Å². The number of piperazine rings is 1. The number of carbonyl (C=O) groups excluding carboxylic acids is 1. The molecule has 0 bridgehead atoms. The van der Waals surface area contributed by atoms with E-state index in [9.17, 15) is 18.0 Å². The third-order valence-electron chi connectivity index (χ3n) is 7.06. The van der Waals surface area contributed by atoms with Gasteiger partial charge >= 0.3 is 6.18 Å². The molecule has 1 fully saturated rings. The number of carbonyl (C=O) groups is 1. The molecule has 1 aromatic heterocycles. The Balaban J connectivity index is 1.15. The van der Waals surface area contributed by atoms with Crippen molar-refractivity contribution in [3.8, 4) is 17.1 Å². The van der Waals surface area contributed by atoms with Gasteiger partial charge in [0, 0.05) is 50.5 Å². The molecule has 2 heterocycles. The minimum atomic E-state index is -4.46. The number of alkyl halides is 3. The topological polar surface area (TPSA) is 54.3 Å². The van der Waals surface area contributed by atoms with Crippen LogP contribution >= 0.6 is 11.8 Å². The first-order valence-electron chi connectivity index (χ1n) is 13.9. The molecule has 1 saturated heterocycles. The number of nitrogens with zero attached hydrogens (tertiary/aromatic N) is 5. The van der Waals surface area contributed by atoms with Gasteiger partial charge in [0.15, 0.2) is 11.0 Å². The summed E-state index contributed by atoms with van der Waals surface area (Å²) in [7, 11) is 0. The highest BCUT2D eigenvalue weighted by Gasteiger charge is 2.31. The number of aromatic nitrogens is 3. The predicted octanol–water partition coefficient (Wildman–Crippen LogP) is 6.68. The van der Waals surface area contributed by atoms with E-state index in [1.54, 1.807) is 10.6 Å². The van der Waals surface area contributed by atoms with Gasteiger partial charge in [-0.05, 0) is 30.2 Å². The van der Waals surface area contributed by atoms with Gasteiger partial charge in [-0.25, -0.2) is 0 Å². The second-order valence-corrected chi connectivity index (χ2v) is 11.1. The summed E-state index contributed by atoms with van der Waals surface area (Å²) < 4.78 is 42.0. The van der Waals surface area contributed by atoms with Gasteiger partial charge in [-0.2, -0.15) is 13.2 Å². The molecule has 1 aliphatic rings. The van der Waals surface area contributed by atoms with Crippen LogP contribution in [0.3, 0.4) is 0 Å². The number of thioether (sulfide) groups is 1. The monoisotopic (exact) mass is 591 g/mol. The van der Waals surface area contributed by atoms with Crippen molar-refractivity contribution in [3.05, 3.63) is 102 Å². The van der Waals surface area contributed by atoms with Gasteiger partial charge in [0.25, 0.3) is 0 Å². The Morgan fingerprint density at radius 3 is 2.31 bits per heavy atom. The van der Waals surface area contributed by atoms with Crippen molar-refractivity contribution >= 4 is 23.7 Å². The highest BCUT2D eigenvalue weighted by Crippen LogP contribution is 2.33. The predicted molar refractivity (Wildman–Crippen MR) is 160 cm³/mol. The maximum Gasteiger partial charge on any atom is 0.416 e. The Hall–Kier alpha value is -3.89. The third-order valence-corrected chi connectivity index (χ3v) is 8.08. The van der Waals surface area contributed by atoms with Crippen LogP contribution in [0.5, 0.6) is 0 Å². The quantitative estimate of drug-likeness (QED) is 0.152. The van der Waals surface area contributed by atoms with Crippen LogP contribution in [-0.4, -0.2) is 68.9 Å². The molecule has 0 saturated carbocycles. The van der Waals surface area contributed by atoms with E-state index in [1.165, 1.54) is 23.4 Å². The van der Waals surface area contributed by atoms with Gasteiger partial charge in [0.1, 0.15) is 0 Å². The van der Waals surface area contributed by atoms with Crippen LogP contribution in [0.25, 0.3) is 23.2 Å². The molecule has 5 rings (SSSR count). The average Bonchev–Trinajstić information content (AvgIpc) is 3.44. The number of halogens is 3. The van der Waals surface area contributed by atoms with Gasteiger partial charge in [0.05, 0.1) is 11.3 Å². The largest absolute Gasteiger partial charge is 0.416 e.